The van der Waals surface area contributed by atoms with E-state index in [-0.39, 0.29) is 0 Å². The van der Waals surface area contributed by atoms with Gasteiger partial charge in [-0.25, -0.2) is 4.68 Å². The lowest BCUT2D eigenvalue weighted by Crippen LogP contribution is -2.02. The maximum Gasteiger partial charge on any atom is 0.163 e. The van der Waals surface area contributed by atoms with Gasteiger partial charge in [0.25, 0.3) is 0 Å². The topological polar surface area (TPSA) is 63.7 Å². The van der Waals surface area contributed by atoms with Crippen LogP contribution < -0.4 is 4.74 Å². The minimum atomic E-state index is 0.342. The number of benzene rings is 2. The quantitative estimate of drug-likeness (QED) is 0.571. The largest absolute Gasteiger partial charge is 0.496 e. The number of para-hydroxylation sites is 2. The zero-order chi connectivity index (χ0) is 17.2. The highest BCUT2D eigenvalue weighted by molar-refractivity contribution is 5.87. The van der Waals surface area contributed by atoms with Crippen LogP contribution in [0.3, 0.4) is 0 Å². The molecule has 5 nitrogen and oxygen atoms in total. The van der Waals surface area contributed by atoms with E-state index in [1.807, 2.05) is 54.6 Å². The van der Waals surface area contributed by atoms with Gasteiger partial charge in [0.1, 0.15) is 11.8 Å². The Morgan fingerprint density at radius 2 is 1.88 bits per heavy atom. The summed E-state index contributed by atoms with van der Waals surface area (Å²) < 4.78 is 7.24. The highest BCUT2D eigenvalue weighted by Gasteiger charge is 2.16. The number of aromatic nitrogens is 3. The first kappa shape index (κ1) is 14.9. The molecule has 0 spiro atoms. The Bertz CT molecular complexity index is 1100. The number of hydrogen-bond donors (Lipinski definition) is 0. The summed E-state index contributed by atoms with van der Waals surface area (Å²) in [5.74, 6) is 0.723. The van der Waals surface area contributed by atoms with E-state index in [9.17, 15) is 5.26 Å². The van der Waals surface area contributed by atoms with Crippen LogP contribution in [0.2, 0.25) is 0 Å². The predicted molar refractivity (Wildman–Crippen MR) is 95.6 cm³/mol. The minimum absolute atomic E-state index is 0.342. The van der Waals surface area contributed by atoms with E-state index in [4.69, 9.17) is 4.74 Å². The Hall–Kier alpha value is -3.65. The number of fused-ring (bicyclic) bond motifs is 1. The highest BCUT2D eigenvalue weighted by Crippen LogP contribution is 2.33. The van der Waals surface area contributed by atoms with E-state index >= 15 is 0 Å². The van der Waals surface area contributed by atoms with Gasteiger partial charge < -0.3 is 4.74 Å². The molecule has 2 aromatic heterocycles. The molecule has 0 bridgehead atoms. The number of hydrogen-bond acceptors (Lipinski definition) is 4. The molecule has 0 aliphatic carbocycles. The van der Waals surface area contributed by atoms with Crippen LogP contribution in [0.25, 0.3) is 27.8 Å². The van der Waals surface area contributed by atoms with Crippen molar-refractivity contribution in [3.05, 3.63) is 72.6 Å². The molecule has 0 atom stereocenters. The molecule has 120 valence electrons. The van der Waals surface area contributed by atoms with Crippen molar-refractivity contribution in [3.63, 3.8) is 0 Å². The third-order valence-corrected chi connectivity index (χ3v) is 4.05. The first-order chi connectivity index (χ1) is 12.3. The zero-order valence-electron chi connectivity index (χ0n) is 13.5. The van der Waals surface area contributed by atoms with E-state index < -0.39 is 0 Å². The average molecular weight is 326 g/mol. The normalized spacial score (nSPS) is 10.6. The van der Waals surface area contributed by atoms with Gasteiger partial charge >= 0.3 is 0 Å². The second-order valence-corrected chi connectivity index (χ2v) is 5.49. The van der Waals surface area contributed by atoms with Gasteiger partial charge in [0.15, 0.2) is 5.69 Å². The third-order valence-electron chi connectivity index (χ3n) is 4.05. The van der Waals surface area contributed by atoms with Gasteiger partial charge in [-0.05, 0) is 24.3 Å². The Morgan fingerprint density at radius 3 is 2.72 bits per heavy atom. The van der Waals surface area contributed by atoms with Crippen LogP contribution in [-0.4, -0.2) is 21.9 Å². The van der Waals surface area contributed by atoms with Crippen molar-refractivity contribution in [2.45, 2.75) is 0 Å². The van der Waals surface area contributed by atoms with Crippen LogP contribution >= 0.6 is 0 Å². The molecule has 2 aromatic carbocycles. The fourth-order valence-corrected chi connectivity index (χ4v) is 2.93. The Morgan fingerprint density at radius 1 is 1.04 bits per heavy atom. The summed E-state index contributed by atoms with van der Waals surface area (Å²) in [7, 11) is 1.63. The Kier molecular flexibility index (Phi) is 3.64. The SMILES string of the molecule is COc1ccccc1-c1cc(C#N)nn1-c1cccc2cccnc12. The number of nitriles is 1. The lowest BCUT2D eigenvalue weighted by molar-refractivity contribution is 0.416. The van der Waals surface area contributed by atoms with Crippen molar-refractivity contribution in [1.29, 1.82) is 5.26 Å². The summed E-state index contributed by atoms with van der Waals surface area (Å²) in [6.07, 6.45) is 1.75. The summed E-state index contributed by atoms with van der Waals surface area (Å²) in [5.41, 5.74) is 3.64. The van der Waals surface area contributed by atoms with Crippen LogP contribution in [0.15, 0.2) is 66.9 Å². The number of nitrogens with zero attached hydrogens (tertiary/aromatic N) is 4. The van der Waals surface area contributed by atoms with Crippen molar-refractivity contribution >= 4 is 10.9 Å². The molecule has 0 saturated heterocycles. The average Bonchev–Trinajstić information content (AvgIpc) is 3.11. The molecular weight excluding hydrogens is 312 g/mol. The molecule has 0 saturated carbocycles. The molecule has 0 fully saturated rings. The van der Waals surface area contributed by atoms with Crippen molar-refractivity contribution in [1.82, 2.24) is 14.8 Å². The Balaban J connectivity index is 2.03. The van der Waals surface area contributed by atoms with Crippen LogP contribution in [-0.2, 0) is 0 Å². The van der Waals surface area contributed by atoms with Crippen molar-refractivity contribution in [2.75, 3.05) is 7.11 Å². The molecule has 5 heteroatoms. The molecular formula is C20H14N4O. The molecule has 25 heavy (non-hydrogen) atoms. The van der Waals surface area contributed by atoms with E-state index in [1.54, 1.807) is 24.1 Å². The zero-order valence-corrected chi connectivity index (χ0v) is 13.5. The lowest BCUT2D eigenvalue weighted by atomic mass is 10.1. The summed E-state index contributed by atoms with van der Waals surface area (Å²) >= 11 is 0. The Labute approximate surface area is 144 Å². The van der Waals surface area contributed by atoms with E-state index in [2.05, 4.69) is 16.2 Å². The number of ether oxygens (including phenoxy) is 1. The maximum atomic E-state index is 9.34. The molecule has 0 unspecified atom stereocenters. The van der Waals surface area contributed by atoms with Crippen LogP contribution in [0.4, 0.5) is 0 Å². The summed E-state index contributed by atoms with van der Waals surface area (Å²) in [4.78, 5) is 4.50. The standard InChI is InChI=1S/C20H14N4O/c1-25-19-10-3-2-8-16(19)18-12-15(13-21)23-24(18)17-9-4-6-14-7-5-11-22-20(14)17/h2-12H,1H3. The van der Waals surface area contributed by atoms with Crippen LogP contribution in [0, 0.1) is 11.3 Å². The van der Waals surface area contributed by atoms with E-state index in [1.165, 1.54) is 0 Å². The van der Waals surface area contributed by atoms with Gasteiger partial charge in [-0.1, -0.05) is 30.3 Å². The number of pyridine rings is 1. The van der Waals surface area contributed by atoms with Gasteiger partial charge in [0, 0.05) is 23.2 Å². The van der Waals surface area contributed by atoms with Gasteiger partial charge in [-0.2, -0.15) is 10.4 Å². The van der Waals surface area contributed by atoms with Gasteiger partial charge in [-0.3, -0.25) is 4.98 Å². The van der Waals surface area contributed by atoms with E-state index in [0.717, 1.165) is 33.6 Å². The lowest BCUT2D eigenvalue weighted by Gasteiger charge is -2.12. The van der Waals surface area contributed by atoms with Crippen molar-refractivity contribution in [2.24, 2.45) is 0 Å². The summed E-state index contributed by atoms with van der Waals surface area (Å²) in [5, 5.41) is 14.8. The first-order valence-electron chi connectivity index (χ1n) is 7.79. The molecule has 0 amide bonds. The van der Waals surface area contributed by atoms with Crippen molar-refractivity contribution in [3.8, 4) is 28.8 Å². The smallest absolute Gasteiger partial charge is 0.163 e. The number of rotatable bonds is 3. The second-order valence-electron chi connectivity index (χ2n) is 5.49. The summed E-state index contributed by atoms with van der Waals surface area (Å²) in [6, 6.07) is 21.4. The molecule has 2 heterocycles. The number of methoxy groups -OCH3 is 1. The van der Waals surface area contributed by atoms with Crippen molar-refractivity contribution < 1.29 is 4.74 Å². The van der Waals surface area contributed by atoms with E-state index in [0.29, 0.717) is 5.69 Å². The van der Waals surface area contributed by atoms with Crippen LogP contribution in [0.1, 0.15) is 5.69 Å². The van der Waals surface area contributed by atoms with Gasteiger partial charge in [-0.15, -0.1) is 0 Å². The molecule has 0 N–H and O–H groups in total. The fraction of sp³-hybridized carbons (Fsp3) is 0.0500. The monoisotopic (exact) mass is 326 g/mol. The third kappa shape index (κ3) is 2.50. The predicted octanol–water partition coefficient (Wildman–Crippen LogP) is 3.97. The summed E-state index contributed by atoms with van der Waals surface area (Å²) in [6.45, 7) is 0. The fourth-order valence-electron chi connectivity index (χ4n) is 2.93. The van der Waals surface area contributed by atoms with Gasteiger partial charge in [0.2, 0.25) is 0 Å². The first-order valence-corrected chi connectivity index (χ1v) is 7.79. The highest BCUT2D eigenvalue weighted by atomic mass is 16.5. The molecule has 0 radical (unpaired) electrons. The molecule has 4 aromatic rings. The molecule has 4 rings (SSSR count). The maximum absolute atomic E-state index is 9.34. The van der Waals surface area contributed by atoms with Crippen LogP contribution in [0.5, 0.6) is 5.75 Å². The minimum Gasteiger partial charge on any atom is -0.496 e. The molecule has 0 aliphatic heterocycles. The molecule has 0 aliphatic rings. The second kappa shape index (κ2) is 6.10. The van der Waals surface area contributed by atoms with Gasteiger partial charge in [0.05, 0.1) is 24.0 Å².